The van der Waals surface area contributed by atoms with Gasteiger partial charge in [0.15, 0.2) is 0 Å². The van der Waals surface area contributed by atoms with Crippen LogP contribution in [0.4, 0.5) is 4.39 Å². The fraction of sp³-hybridized carbons (Fsp3) is 0.333. The van der Waals surface area contributed by atoms with Gasteiger partial charge in [-0.15, -0.1) is 22.7 Å². The van der Waals surface area contributed by atoms with Gasteiger partial charge in [0.1, 0.15) is 12.4 Å². The van der Waals surface area contributed by atoms with Crippen molar-refractivity contribution in [3.63, 3.8) is 0 Å². The standard InChI is InChI=1S/C24H27FN2O2S2/c1-17(2)13-27(24(29)22-5-4-12-30-22)16-23(28)26(15-21-11-6-18(3)31-21)14-19-7-9-20(25)10-8-19/h4-12,17H,13-16H2,1-3H3. The van der Waals surface area contributed by atoms with E-state index in [-0.39, 0.29) is 30.1 Å². The highest BCUT2D eigenvalue weighted by molar-refractivity contribution is 7.12. The Morgan fingerprint density at radius 3 is 2.32 bits per heavy atom. The number of aryl methyl sites for hydroxylation is 1. The third-order valence-electron chi connectivity index (χ3n) is 4.71. The second-order valence-corrected chi connectivity index (χ2v) is 10.3. The fourth-order valence-corrected chi connectivity index (χ4v) is 4.88. The summed E-state index contributed by atoms with van der Waals surface area (Å²) in [5, 5.41) is 1.86. The highest BCUT2D eigenvalue weighted by Crippen LogP contribution is 2.20. The molecule has 0 saturated carbocycles. The van der Waals surface area contributed by atoms with Crippen molar-refractivity contribution in [1.29, 1.82) is 0 Å². The van der Waals surface area contributed by atoms with Gasteiger partial charge in [0.05, 0.1) is 11.4 Å². The van der Waals surface area contributed by atoms with Crippen molar-refractivity contribution in [3.05, 3.63) is 79.9 Å². The molecule has 3 aromatic rings. The molecule has 0 fully saturated rings. The molecular formula is C24H27FN2O2S2. The van der Waals surface area contributed by atoms with E-state index in [1.165, 1.54) is 28.3 Å². The minimum absolute atomic E-state index is 0.0144. The lowest BCUT2D eigenvalue weighted by Gasteiger charge is -2.28. The second-order valence-electron chi connectivity index (χ2n) is 7.95. The molecule has 0 radical (unpaired) electrons. The maximum Gasteiger partial charge on any atom is 0.264 e. The Labute approximate surface area is 190 Å². The van der Waals surface area contributed by atoms with Gasteiger partial charge < -0.3 is 9.80 Å². The number of hydrogen-bond acceptors (Lipinski definition) is 4. The molecule has 3 rings (SSSR count). The van der Waals surface area contributed by atoms with Crippen LogP contribution in [0.15, 0.2) is 53.9 Å². The number of hydrogen-bond donors (Lipinski definition) is 0. The summed E-state index contributed by atoms with van der Waals surface area (Å²) in [6.07, 6.45) is 0. The summed E-state index contributed by atoms with van der Waals surface area (Å²) < 4.78 is 13.3. The zero-order chi connectivity index (χ0) is 22.4. The van der Waals surface area contributed by atoms with Gasteiger partial charge in [-0.25, -0.2) is 4.39 Å². The summed E-state index contributed by atoms with van der Waals surface area (Å²) in [4.78, 5) is 32.6. The number of carbonyl (C=O) groups is 2. The van der Waals surface area contributed by atoms with Gasteiger partial charge in [0.25, 0.3) is 5.91 Å². The van der Waals surface area contributed by atoms with E-state index in [0.29, 0.717) is 24.5 Å². The van der Waals surface area contributed by atoms with Gasteiger partial charge in [0.2, 0.25) is 5.91 Å². The van der Waals surface area contributed by atoms with E-state index < -0.39 is 0 Å². The van der Waals surface area contributed by atoms with Crippen molar-refractivity contribution < 1.29 is 14.0 Å². The first-order valence-electron chi connectivity index (χ1n) is 10.2. The molecule has 0 N–H and O–H groups in total. The van der Waals surface area contributed by atoms with E-state index in [0.717, 1.165) is 10.4 Å². The van der Waals surface area contributed by atoms with Crippen molar-refractivity contribution in [1.82, 2.24) is 9.80 Å². The predicted octanol–water partition coefficient (Wildman–Crippen LogP) is 5.58. The van der Waals surface area contributed by atoms with E-state index >= 15 is 0 Å². The lowest BCUT2D eigenvalue weighted by molar-refractivity contribution is -0.133. The summed E-state index contributed by atoms with van der Waals surface area (Å²) in [6, 6.07) is 13.9. The molecule has 1 aromatic carbocycles. The van der Waals surface area contributed by atoms with Gasteiger partial charge in [-0.3, -0.25) is 9.59 Å². The first-order valence-corrected chi connectivity index (χ1v) is 11.9. The van der Waals surface area contributed by atoms with Crippen LogP contribution in [0.1, 0.15) is 38.8 Å². The van der Waals surface area contributed by atoms with E-state index in [1.54, 1.807) is 39.3 Å². The molecule has 0 aliphatic rings. The average Bonchev–Trinajstić information content (AvgIpc) is 3.39. The Kier molecular flexibility index (Phi) is 7.98. The molecule has 31 heavy (non-hydrogen) atoms. The fourth-order valence-electron chi connectivity index (χ4n) is 3.28. The van der Waals surface area contributed by atoms with Crippen LogP contribution in [0.25, 0.3) is 0 Å². The lowest BCUT2D eigenvalue weighted by atomic mass is 10.2. The van der Waals surface area contributed by atoms with Crippen molar-refractivity contribution in [2.75, 3.05) is 13.1 Å². The van der Waals surface area contributed by atoms with E-state index in [2.05, 4.69) is 0 Å². The minimum Gasteiger partial charge on any atom is -0.332 e. The highest BCUT2D eigenvalue weighted by atomic mass is 32.1. The van der Waals surface area contributed by atoms with E-state index in [4.69, 9.17) is 0 Å². The van der Waals surface area contributed by atoms with Crippen molar-refractivity contribution >= 4 is 34.5 Å². The van der Waals surface area contributed by atoms with Crippen LogP contribution in [0.2, 0.25) is 0 Å². The Hall–Kier alpha value is -2.51. The summed E-state index contributed by atoms with van der Waals surface area (Å²) in [5.74, 6) is -0.311. The number of amides is 2. The molecule has 4 nitrogen and oxygen atoms in total. The second kappa shape index (κ2) is 10.7. The van der Waals surface area contributed by atoms with E-state index in [1.807, 2.05) is 44.4 Å². The van der Waals surface area contributed by atoms with Crippen LogP contribution in [0, 0.1) is 18.7 Å². The van der Waals surface area contributed by atoms with Crippen LogP contribution in [-0.2, 0) is 17.9 Å². The average molecular weight is 459 g/mol. The first kappa shape index (κ1) is 23.2. The van der Waals surface area contributed by atoms with Crippen molar-refractivity contribution in [2.24, 2.45) is 5.92 Å². The summed E-state index contributed by atoms with van der Waals surface area (Å²) in [7, 11) is 0. The summed E-state index contributed by atoms with van der Waals surface area (Å²) in [6.45, 7) is 7.43. The van der Waals surface area contributed by atoms with Crippen molar-refractivity contribution in [3.8, 4) is 0 Å². The zero-order valence-electron chi connectivity index (χ0n) is 18.0. The summed E-state index contributed by atoms with van der Waals surface area (Å²) >= 11 is 3.03. The third kappa shape index (κ3) is 6.74. The molecule has 164 valence electrons. The Morgan fingerprint density at radius 2 is 1.74 bits per heavy atom. The molecule has 7 heteroatoms. The molecule has 0 unspecified atom stereocenters. The number of thiophene rings is 2. The molecule has 2 aromatic heterocycles. The first-order chi connectivity index (χ1) is 14.8. The number of rotatable bonds is 9. The normalized spacial score (nSPS) is 11.0. The van der Waals surface area contributed by atoms with Crippen LogP contribution in [-0.4, -0.2) is 34.7 Å². The largest absolute Gasteiger partial charge is 0.332 e. The maximum absolute atomic E-state index is 13.4. The molecule has 0 bridgehead atoms. The smallest absolute Gasteiger partial charge is 0.264 e. The monoisotopic (exact) mass is 458 g/mol. The SMILES string of the molecule is Cc1ccc(CN(Cc2ccc(F)cc2)C(=O)CN(CC(C)C)C(=O)c2cccs2)s1. The zero-order valence-corrected chi connectivity index (χ0v) is 19.6. The Bertz CT molecular complexity index is 997. The minimum atomic E-state index is -0.305. The Morgan fingerprint density at radius 1 is 1.00 bits per heavy atom. The topological polar surface area (TPSA) is 40.6 Å². The molecule has 0 aliphatic heterocycles. The van der Waals surface area contributed by atoms with Crippen LogP contribution < -0.4 is 0 Å². The van der Waals surface area contributed by atoms with Crippen LogP contribution in [0.3, 0.4) is 0 Å². The van der Waals surface area contributed by atoms with E-state index in [9.17, 15) is 14.0 Å². The molecule has 0 aliphatic carbocycles. The van der Waals surface area contributed by atoms with Crippen LogP contribution >= 0.6 is 22.7 Å². The number of carbonyl (C=O) groups excluding carboxylic acids is 2. The van der Waals surface area contributed by atoms with Gasteiger partial charge in [-0.1, -0.05) is 32.0 Å². The van der Waals surface area contributed by atoms with Gasteiger partial charge in [0, 0.05) is 22.8 Å². The van der Waals surface area contributed by atoms with Crippen molar-refractivity contribution in [2.45, 2.75) is 33.9 Å². The number of nitrogens with zero attached hydrogens (tertiary/aromatic N) is 2. The van der Waals surface area contributed by atoms with Gasteiger partial charge in [-0.05, 0) is 54.1 Å². The number of halogens is 1. The summed E-state index contributed by atoms with van der Waals surface area (Å²) in [5.41, 5.74) is 0.850. The lowest BCUT2D eigenvalue weighted by Crippen LogP contribution is -2.43. The Balaban J connectivity index is 1.80. The molecule has 0 spiro atoms. The molecular weight excluding hydrogens is 431 g/mol. The highest BCUT2D eigenvalue weighted by Gasteiger charge is 2.24. The molecule has 2 amide bonds. The predicted molar refractivity (Wildman–Crippen MR) is 125 cm³/mol. The quantitative estimate of drug-likeness (QED) is 0.420. The maximum atomic E-state index is 13.4. The molecule has 0 saturated heterocycles. The third-order valence-corrected chi connectivity index (χ3v) is 6.56. The van der Waals surface area contributed by atoms with Crippen LogP contribution in [0.5, 0.6) is 0 Å². The molecule has 2 heterocycles. The number of benzene rings is 1. The van der Waals surface area contributed by atoms with Gasteiger partial charge in [-0.2, -0.15) is 0 Å². The molecule has 0 atom stereocenters. The van der Waals surface area contributed by atoms with Gasteiger partial charge >= 0.3 is 0 Å².